The zero-order valence-electron chi connectivity index (χ0n) is 19.1. The Morgan fingerprint density at radius 2 is 1.65 bits per heavy atom. The molecular formula is C27H30N2O5. The molecule has 2 aromatic carbocycles. The number of hydrogen-bond acceptors (Lipinski definition) is 4. The number of nitrogens with zero attached hydrogens (tertiary/aromatic N) is 1. The molecule has 2 aliphatic carbocycles. The number of amides is 2. The summed E-state index contributed by atoms with van der Waals surface area (Å²) in [4.78, 5) is 38.1. The standard InChI is InChI=1S/C27H30N2O5/c30-25(29-13-5-10-24(29)26(31)32)15-17-11-12-18(14-17)28-27(33)34-16-23-21-8-3-1-6-19(21)20-7-2-4-9-22(20)23/h1-4,6-9,17-18,23-24H,5,10-16H2,(H,28,33)(H,31,32)/t17-,18+,24+/m1/s1. The van der Waals surface area contributed by atoms with Crippen molar-refractivity contribution in [1.82, 2.24) is 10.2 Å². The number of likely N-dealkylation sites (tertiary alicyclic amines) is 1. The average Bonchev–Trinajstić information content (AvgIpc) is 3.56. The van der Waals surface area contributed by atoms with Crippen LogP contribution in [0.2, 0.25) is 0 Å². The third-order valence-corrected chi connectivity index (χ3v) is 7.53. The number of carbonyl (C=O) groups is 3. The van der Waals surface area contributed by atoms with Gasteiger partial charge in [0, 0.05) is 24.9 Å². The van der Waals surface area contributed by atoms with E-state index in [0.29, 0.717) is 25.8 Å². The highest BCUT2D eigenvalue weighted by Crippen LogP contribution is 2.44. The van der Waals surface area contributed by atoms with Crippen LogP contribution in [-0.4, -0.2) is 53.2 Å². The van der Waals surface area contributed by atoms with E-state index >= 15 is 0 Å². The summed E-state index contributed by atoms with van der Waals surface area (Å²) in [5.74, 6) is -0.833. The van der Waals surface area contributed by atoms with Gasteiger partial charge < -0.3 is 20.1 Å². The van der Waals surface area contributed by atoms with Crippen LogP contribution in [0.1, 0.15) is 55.6 Å². The van der Waals surface area contributed by atoms with Gasteiger partial charge in [-0.05, 0) is 60.3 Å². The molecular weight excluding hydrogens is 432 g/mol. The fourth-order valence-corrected chi connectivity index (χ4v) is 5.88. The van der Waals surface area contributed by atoms with E-state index in [4.69, 9.17) is 4.74 Å². The van der Waals surface area contributed by atoms with Crippen molar-refractivity contribution in [3.63, 3.8) is 0 Å². The van der Waals surface area contributed by atoms with Crippen molar-refractivity contribution >= 4 is 18.0 Å². The second-order valence-electron chi connectivity index (χ2n) is 9.63. The first-order valence-electron chi connectivity index (χ1n) is 12.1. The molecule has 7 nitrogen and oxygen atoms in total. The molecule has 0 spiro atoms. The molecule has 7 heteroatoms. The van der Waals surface area contributed by atoms with Crippen LogP contribution < -0.4 is 5.32 Å². The molecule has 0 unspecified atom stereocenters. The number of rotatable bonds is 6. The van der Waals surface area contributed by atoms with Gasteiger partial charge in [-0.15, -0.1) is 0 Å². The summed E-state index contributed by atoms with van der Waals surface area (Å²) >= 11 is 0. The number of alkyl carbamates (subject to hydrolysis) is 1. The molecule has 1 saturated carbocycles. The Morgan fingerprint density at radius 3 is 2.32 bits per heavy atom. The number of benzene rings is 2. The highest BCUT2D eigenvalue weighted by molar-refractivity contribution is 5.84. The molecule has 1 aliphatic heterocycles. The van der Waals surface area contributed by atoms with Gasteiger partial charge in [-0.25, -0.2) is 9.59 Å². The average molecular weight is 463 g/mol. The first-order valence-corrected chi connectivity index (χ1v) is 12.1. The normalized spacial score (nSPS) is 23.4. The minimum absolute atomic E-state index is 0.0229. The van der Waals surface area contributed by atoms with Crippen molar-refractivity contribution in [2.24, 2.45) is 5.92 Å². The van der Waals surface area contributed by atoms with E-state index < -0.39 is 18.1 Å². The van der Waals surface area contributed by atoms with Gasteiger partial charge in [0.1, 0.15) is 12.6 Å². The van der Waals surface area contributed by atoms with E-state index in [1.807, 2.05) is 24.3 Å². The molecule has 1 heterocycles. The Bertz CT molecular complexity index is 1050. The molecule has 5 rings (SSSR count). The van der Waals surface area contributed by atoms with E-state index in [0.717, 1.165) is 19.3 Å². The lowest BCUT2D eigenvalue weighted by atomic mass is 9.98. The predicted molar refractivity (Wildman–Crippen MR) is 126 cm³/mol. The predicted octanol–water partition coefficient (Wildman–Crippen LogP) is 4.16. The third-order valence-electron chi connectivity index (χ3n) is 7.53. The minimum Gasteiger partial charge on any atom is -0.480 e. The summed E-state index contributed by atoms with van der Waals surface area (Å²) < 4.78 is 5.65. The number of carbonyl (C=O) groups excluding carboxylic acids is 2. The molecule has 2 aromatic rings. The van der Waals surface area contributed by atoms with Crippen molar-refractivity contribution in [1.29, 1.82) is 0 Å². The van der Waals surface area contributed by atoms with Gasteiger partial charge >= 0.3 is 12.1 Å². The zero-order chi connectivity index (χ0) is 23.7. The summed E-state index contributed by atoms with van der Waals surface area (Å²) in [5, 5.41) is 12.3. The molecule has 2 fully saturated rings. The molecule has 34 heavy (non-hydrogen) atoms. The molecule has 2 N–H and O–H groups in total. The molecule has 3 atom stereocenters. The van der Waals surface area contributed by atoms with Crippen LogP contribution in [0.15, 0.2) is 48.5 Å². The number of hydrogen-bond donors (Lipinski definition) is 2. The monoisotopic (exact) mass is 462 g/mol. The fraction of sp³-hybridized carbons (Fsp3) is 0.444. The van der Waals surface area contributed by atoms with Gasteiger partial charge in [0.25, 0.3) is 0 Å². The van der Waals surface area contributed by atoms with Crippen LogP contribution in [0, 0.1) is 5.92 Å². The molecule has 3 aliphatic rings. The number of fused-ring (bicyclic) bond motifs is 3. The molecule has 2 amide bonds. The first-order chi connectivity index (χ1) is 16.5. The topological polar surface area (TPSA) is 95.9 Å². The van der Waals surface area contributed by atoms with Gasteiger partial charge in [-0.2, -0.15) is 0 Å². The number of nitrogens with one attached hydrogen (secondary N) is 1. The van der Waals surface area contributed by atoms with Gasteiger partial charge in [-0.3, -0.25) is 4.79 Å². The Labute approximate surface area is 199 Å². The summed E-state index contributed by atoms with van der Waals surface area (Å²) in [7, 11) is 0. The summed E-state index contributed by atoms with van der Waals surface area (Å²) in [6.07, 6.45) is 3.52. The second kappa shape index (κ2) is 9.49. The van der Waals surface area contributed by atoms with Gasteiger partial charge in [-0.1, -0.05) is 48.5 Å². The molecule has 0 radical (unpaired) electrons. The first kappa shape index (κ1) is 22.4. The number of carboxylic acid groups (broad SMARTS) is 1. The van der Waals surface area contributed by atoms with Crippen LogP contribution in [0.3, 0.4) is 0 Å². The van der Waals surface area contributed by atoms with Crippen molar-refractivity contribution in [3.05, 3.63) is 59.7 Å². The number of carboxylic acids is 1. The SMILES string of the molecule is O=C(N[C@H]1CC[C@@H](CC(=O)N2CCC[C@H]2C(=O)O)C1)OCC1c2ccccc2-c2ccccc21. The molecule has 178 valence electrons. The highest BCUT2D eigenvalue weighted by Gasteiger charge is 2.36. The number of aliphatic carboxylic acids is 1. The third kappa shape index (κ3) is 4.39. The van der Waals surface area contributed by atoms with Crippen molar-refractivity contribution < 1.29 is 24.2 Å². The van der Waals surface area contributed by atoms with E-state index in [1.54, 1.807) is 0 Å². The lowest BCUT2D eigenvalue weighted by molar-refractivity contribution is -0.148. The van der Waals surface area contributed by atoms with Gasteiger partial charge in [0.15, 0.2) is 0 Å². The van der Waals surface area contributed by atoms with E-state index in [2.05, 4.69) is 29.6 Å². The van der Waals surface area contributed by atoms with E-state index in [1.165, 1.54) is 27.2 Å². The Balaban J connectivity index is 1.12. The van der Waals surface area contributed by atoms with Gasteiger partial charge in [0.2, 0.25) is 5.91 Å². The van der Waals surface area contributed by atoms with Crippen LogP contribution in [0.5, 0.6) is 0 Å². The van der Waals surface area contributed by atoms with Crippen molar-refractivity contribution in [2.45, 2.75) is 56.5 Å². The maximum Gasteiger partial charge on any atom is 0.407 e. The smallest absolute Gasteiger partial charge is 0.407 e. The fourth-order valence-electron chi connectivity index (χ4n) is 5.88. The van der Waals surface area contributed by atoms with Crippen LogP contribution in [-0.2, 0) is 14.3 Å². The quantitative estimate of drug-likeness (QED) is 0.672. The highest BCUT2D eigenvalue weighted by atomic mass is 16.5. The minimum atomic E-state index is -0.924. The molecule has 0 bridgehead atoms. The largest absolute Gasteiger partial charge is 0.480 e. The van der Waals surface area contributed by atoms with Gasteiger partial charge in [0.05, 0.1) is 0 Å². The van der Waals surface area contributed by atoms with E-state index in [-0.39, 0.29) is 30.4 Å². The summed E-state index contributed by atoms with van der Waals surface area (Å²) in [5.41, 5.74) is 4.74. The lowest BCUT2D eigenvalue weighted by Crippen LogP contribution is -2.41. The maximum atomic E-state index is 12.6. The Kier molecular flexibility index (Phi) is 6.26. The summed E-state index contributed by atoms with van der Waals surface area (Å²) in [6, 6.07) is 15.8. The summed E-state index contributed by atoms with van der Waals surface area (Å²) in [6.45, 7) is 0.796. The van der Waals surface area contributed by atoms with Crippen LogP contribution in [0.25, 0.3) is 11.1 Å². The van der Waals surface area contributed by atoms with E-state index in [9.17, 15) is 19.5 Å². The Hall–Kier alpha value is -3.35. The van der Waals surface area contributed by atoms with Crippen molar-refractivity contribution in [3.8, 4) is 11.1 Å². The zero-order valence-corrected chi connectivity index (χ0v) is 19.1. The maximum absolute atomic E-state index is 12.6. The number of ether oxygens (including phenoxy) is 1. The Morgan fingerprint density at radius 1 is 0.971 bits per heavy atom. The van der Waals surface area contributed by atoms with Crippen molar-refractivity contribution in [2.75, 3.05) is 13.2 Å². The second-order valence-corrected chi connectivity index (χ2v) is 9.63. The van der Waals surface area contributed by atoms with Crippen LogP contribution in [0.4, 0.5) is 4.79 Å². The van der Waals surface area contributed by atoms with Crippen LogP contribution >= 0.6 is 0 Å². The molecule has 1 saturated heterocycles. The lowest BCUT2D eigenvalue weighted by Gasteiger charge is -2.23. The molecule has 0 aromatic heterocycles.